The van der Waals surface area contributed by atoms with Gasteiger partial charge >= 0.3 is 0 Å². The van der Waals surface area contributed by atoms with Crippen molar-refractivity contribution in [3.8, 4) is 0 Å². The van der Waals surface area contributed by atoms with E-state index in [1.54, 1.807) is 19.1 Å². The first kappa shape index (κ1) is 16.3. The molecule has 1 fully saturated rings. The van der Waals surface area contributed by atoms with Crippen LogP contribution in [0.3, 0.4) is 0 Å². The van der Waals surface area contributed by atoms with Crippen LogP contribution in [0.25, 0.3) is 0 Å². The lowest BCUT2D eigenvalue weighted by molar-refractivity contribution is 0.217. The van der Waals surface area contributed by atoms with Crippen molar-refractivity contribution in [2.75, 3.05) is 11.9 Å². The fourth-order valence-corrected chi connectivity index (χ4v) is 4.01. The minimum absolute atomic E-state index is 0.284. The average molecular weight is 310 g/mol. The first-order valence-electron chi connectivity index (χ1n) is 7.71. The third kappa shape index (κ3) is 3.98. The zero-order valence-corrected chi connectivity index (χ0v) is 14.0. The summed E-state index contributed by atoms with van der Waals surface area (Å²) in [4.78, 5) is 0.317. The summed E-state index contributed by atoms with van der Waals surface area (Å²) in [5.74, 6) is 0. The van der Waals surface area contributed by atoms with E-state index in [4.69, 9.17) is 0 Å². The molecule has 1 aliphatic rings. The summed E-state index contributed by atoms with van der Waals surface area (Å²) >= 11 is 0. The third-order valence-corrected chi connectivity index (χ3v) is 5.91. The van der Waals surface area contributed by atoms with Gasteiger partial charge in [-0.15, -0.1) is 0 Å². The first-order valence-corrected chi connectivity index (χ1v) is 9.20. The lowest BCUT2D eigenvalue weighted by Crippen LogP contribution is -2.38. The molecule has 21 heavy (non-hydrogen) atoms. The van der Waals surface area contributed by atoms with Gasteiger partial charge in [-0.1, -0.05) is 33.6 Å². The van der Waals surface area contributed by atoms with E-state index in [1.165, 1.54) is 25.7 Å². The van der Waals surface area contributed by atoms with E-state index < -0.39 is 10.0 Å². The molecule has 0 spiro atoms. The number of nitrogens with one attached hydrogen (secondary N) is 2. The molecule has 1 unspecified atom stereocenters. The molecule has 5 heteroatoms. The summed E-state index contributed by atoms with van der Waals surface area (Å²) in [5, 5.41) is 3.57. The minimum Gasteiger partial charge on any atom is -0.382 e. The first-order chi connectivity index (χ1) is 9.85. The molecule has 1 atom stereocenters. The van der Waals surface area contributed by atoms with E-state index >= 15 is 0 Å². The van der Waals surface area contributed by atoms with Crippen LogP contribution in [0.2, 0.25) is 0 Å². The number of hydrogen-bond donors (Lipinski definition) is 2. The zero-order chi connectivity index (χ0) is 15.5. The molecule has 0 aliphatic heterocycles. The Morgan fingerprint density at radius 1 is 1.19 bits per heavy atom. The van der Waals surface area contributed by atoms with Crippen LogP contribution in [0.5, 0.6) is 0 Å². The van der Waals surface area contributed by atoms with Crippen molar-refractivity contribution in [1.82, 2.24) is 4.72 Å². The Morgan fingerprint density at radius 3 is 2.43 bits per heavy atom. The number of sulfonamides is 1. The van der Waals surface area contributed by atoms with Crippen molar-refractivity contribution in [3.05, 3.63) is 24.3 Å². The fourth-order valence-electron chi connectivity index (χ4n) is 2.97. The van der Waals surface area contributed by atoms with Gasteiger partial charge in [0.2, 0.25) is 10.0 Å². The fraction of sp³-hybridized carbons (Fsp3) is 0.625. The predicted octanol–water partition coefficient (Wildman–Crippen LogP) is 3.37. The van der Waals surface area contributed by atoms with E-state index in [2.05, 4.69) is 23.9 Å². The maximum Gasteiger partial charge on any atom is 0.240 e. The second-order valence-corrected chi connectivity index (χ2v) is 8.22. The molecule has 0 saturated heterocycles. The predicted molar refractivity (Wildman–Crippen MR) is 87.0 cm³/mol. The molecule has 1 aliphatic carbocycles. The Morgan fingerprint density at radius 2 is 1.86 bits per heavy atom. The molecule has 4 nitrogen and oxygen atoms in total. The molecule has 1 saturated carbocycles. The highest BCUT2D eigenvalue weighted by Crippen LogP contribution is 2.37. The topological polar surface area (TPSA) is 58.2 Å². The molecule has 0 heterocycles. The lowest BCUT2D eigenvalue weighted by Gasteiger charge is -2.39. The van der Waals surface area contributed by atoms with E-state index in [0.29, 0.717) is 17.5 Å². The van der Waals surface area contributed by atoms with E-state index in [9.17, 15) is 8.42 Å². The van der Waals surface area contributed by atoms with Crippen LogP contribution in [-0.4, -0.2) is 21.0 Å². The SMILES string of the molecule is CCNS(=O)(=O)c1ccc(NC2CCCCC2(C)C)cc1. The summed E-state index contributed by atoms with van der Waals surface area (Å²) in [5.41, 5.74) is 1.28. The van der Waals surface area contributed by atoms with Gasteiger partial charge in [-0.25, -0.2) is 13.1 Å². The summed E-state index contributed by atoms with van der Waals surface area (Å²) in [6.07, 6.45) is 4.96. The van der Waals surface area contributed by atoms with Crippen LogP contribution >= 0.6 is 0 Å². The Hall–Kier alpha value is -1.07. The highest BCUT2D eigenvalue weighted by molar-refractivity contribution is 7.89. The minimum atomic E-state index is -3.36. The molecule has 0 radical (unpaired) electrons. The summed E-state index contributed by atoms with van der Waals surface area (Å²) in [7, 11) is -3.36. The quantitative estimate of drug-likeness (QED) is 0.876. The summed E-state index contributed by atoms with van der Waals surface area (Å²) < 4.78 is 26.3. The van der Waals surface area contributed by atoms with Gasteiger partial charge in [-0.05, 0) is 42.5 Å². The Labute approximate surface area is 128 Å². The second kappa shape index (κ2) is 6.36. The average Bonchev–Trinajstić information content (AvgIpc) is 2.42. The molecule has 2 N–H and O–H groups in total. The Kier molecular flexibility index (Phi) is 4.94. The smallest absolute Gasteiger partial charge is 0.240 e. The molecule has 0 aromatic heterocycles. The van der Waals surface area contributed by atoms with Crippen LogP contribution in [0.4, 0.5) is 5.69 Å². The van der Waals surface area contributed by atoms with Crippen molar-refractivity contribution >= 4 is 15.7 Å². The van der Waals surface area contributed by atoms with Gasteiger partial charge in [-0.2, -0.15) is 0 Å². The van der Waals surface area contributed by atoms with Gasteiger partial charge < -0.3 is 5.32 Å². The van der Waals surface area contributed by atoms with Gasteiger partial charge in [0, 0.05) is 18.3 Å². The number of anilines is 1. The maximum atomic E-state index is 11.9. The Balaban J connectivity index is 2.09. The van der Waals surface area contributed by atoms with Crippen molar-refractivity contribution in [2.45, 2.75) is 57.4 Å². The maximum absolute atomic E-state index is 11.9. The van der Waals surface area contributed by atoms with Crippen LogP contribution in [0, 0.1) is 5.41 Å². The standard InChI is InChI=1S/C16H26N2O2S/c1-4-17-21(19,20)14-10-8-13(9-11-14)18-15-7-5-6-12-16(15,2)3/h8-11,15,17-18H,4-7,12H2,1-3H3. The molecule has 118 valence electrons. The highest BCUT2D eigenvalue weighted by atomic mass is 32.2. The lowest BCUT2D eigenvalue weighted by atomic mass is 9.73. The number of benzene rings is 1. The normalized spacial score (nSPS) is 22.0. The van der Waals surface area contributed by atoms with Gasteiger partial charge in [-0.3, -0.25) is 0 Å². The van der Waals surface area contributed by atoms with E-state index in [-0.39, 0.29) is 5.41 Å². The van der Waals surface area contributed by atoms with E-state index in [0.717, 1.165) is 5.69 Å². The molecule has 1 aromatic rings. The molecular formula is C16H26N2O2S. The van der Waals surface area contributed by atoms with Gasteiger partial charge in [0.1, 0.15) is 0 Å². The molecular weight excluding hydrogens is 284 g/mol. The highest BCUT2D eigenvalue weighted by Gasteiger charge is 2.31. The summed E-state index contributed by atoms with van der Waals surface area (Å²) in [6.45, 7) is 6.78. The monoisotopic (exact) mass is 310 g/mol. The summed E-state index contributed by atoms with van der Waals surface area (Å²) in [6, 6.07) is 7.48. The van der Waals surface area contributed by atoms with Crippen molar-refractivity contribution in [3.63, 3.8) is 0 Å². The van der Waals surface area contributed by atoms with E-state index in [1.807, 2.05) is 12.1 Å². The van der Waals surface area contributed by atoms with Crippen molar-refractivity contribution in [2.24, 2.45) is 5.41 Å². The van der Waals surface area contributed by atoms with Crippen molar-refractivity contribution in [1.29, 1.82) is 0 Å². The van der Waals surface area contributed by atoms with Gasteiger partial charge in [0.25, 0.3) is 0 Å². The van der Waals surface area contributed by atoms with Gasteiger partial charge in [0.05, 0.1) is 4.90 Å². The van der Waals surface area contributed by atoms with Gasteiger partial charge in [0.15, 0.2) is 0 Å². The second-order valence-electron chi connectivity index (χ2n) is 6.46. The Bertz CT molecular complexity index is 564. The molecule has 0 bridgehead atoms. The molecule has 1 aromatic carbocycles. The van der Waals surface area contributed by atoms with Crippen LogP contribution in [0.1, 0.15) is 46.5 Å². The third-order valence-electron chi connectivity index (χ3n) is 4.35. The molecule has 2 rings (SSSR count). The number of rotatable bonds is 5. The van der Waals surface area contributed by atoms with Crippen LogP contribution in [-0.2, 0) is 10.0 Å². The largest absolute Gasteiger partial charge is 0.382 e. The molecule has 0 amide bonds. The number of hydrogen-bond acceptors (Lipinski definition) is 3. The van der Waals surface area contributed by atoms with Crippen molar-refractivity contribution < 1.29 is 8.42 Å². The van der Waals surface area contributed by atoms with Crippen LogP contribution < -0.4 is 10.0 Å². The van der Waals surface area contributed by atoms with Crippen LogP contribution in [0.15, 0.2) is 29.2 Å². The zero-order valence-electron chi connectivity index (χ0n) is 13.1.